The third kappa shape index (κ3) is 4.09. The van der Waals surface area contributed by atoms with Crippen LogP contribution in [-0.4, -0.2) is 25.9 Å². The first-order chi connectivity index (χ1) is 13.3. The monoisotopic (exact) mass is 398 g/mol. The molecule has 0 aliphatic rings. The number of thioether (sulfide) groups is 1. The van der Waals surface area contributed by atoms with Gasteiger partial charge in [-0.25, -0.2) is 4.39 Å². The number of aryl methyl sites for hydroxylation is 3. The summed E-state index contributed by atoms with van der Waals surface area (Å²) in [7, 11) is 1.77. The van der Waals surface area contributed by atoms with Gasteiger partial charge in [-0.15, -0.1) is 10.2 Å². The van der Waals surface area contributed by atoms with Gasteiger partial charge in [0.25, 0.3) is 0 Å². The summed E-state index contributed by atoms with van der Waals surface area (Å²) >= 11 is 1.29. The molecule has 0 saturated heterocycles. The zero-order valence-electron chi connectivity index (χ0n) is 16.6. The van der Waals surface area contributed by atoms with Crippen LogP contribution in [0.4, 0.5) is 10.1 Å². The topological polar surface area (TPSA) is 59.8 Å². The van der Waals surface area contributed by atoms with Crippen LogP contribution in [0.5, 0.6) is 0 Å². The van der Waals surface area contributed by atoms with Crippen molar-refractivity contribution in [2.75, 3.05) is 5.32 Å². The summed E-state index contributed by atoms with van der Waals surface area (Å²) in [6, 6.07) is 10.5. The molecule has 0 radical (unpaired) electrons. The Kier molecular flexibility index (Phi) is 5.84. The van der Waals surface area contributed by atoms with E-state index < -0.39 is 5.25 Å². The summed E-state index contributed by atoms with van der Waals surface area (Å²) in [4.78, 5) is 12.7. The van der Waals surface area contributed by atoms with Gasteiger partial charge in [-0.05, 0) is 51.0 Å². The Morgan fingerprint density at radius 1 is 1.14 bits per heavy atom. The maximum Gasteiger partial charge on any atom is 0.237 e. The minimum atomic E-state index is -0.392. The van der Waals surface area contributed by atoms with Crippen LogP contribution < -0.4 is 5.32 Å². The van der Waals surface area contributed by atoms with Crippen LogP contribution in [0, 0.1) is 26.6 Å². The van der Waals surface area contributed by atoms with E-state index in [9.17, 15) is 9.18 Å². The molecular weight excluding hydrogens is 375 g/mol. The number of halogens is 1. The highest BCUT2D eigenvalue weighted by Gasteiger charge is 2.21. The fraction of sp³-hybridized carbons (Fsp3) is 0.286. The number of benzene rings is 2. The van der Waals surface area contributed by atoms with Gasteiger partial charge in [0, 0.05) is 12.7 Å². The Morgan fingerprint density at radius 2 is 1.79 bits per heavy atom. The summed E-state index contributed by atoms with van der Waals surface area (Å²) in [5, 5.41) is 11.4. The molecule has 28 heavy (non-hydrogen) atoms. The van der Waals surface area contributed by atoms with E-state index in [1.807, 2.05) is 39.8 Å². The van der Waals surface area contributed by atoms with Crippen LogP contribution in [0.1, 0.15) is 23.6 Å². The standard InChI is InChI=1S/C21H23FN4OS/c1-12-10-13(2)18(14(3)11-12)23-20(27)15(4)28-21-25-24-19(26(21)5)16-8-6-7-9-17(16)22/h6-11,15H,1-5H3,(H,23,27)/t15-/m1/s1. The van der Waals surface area contributed by atoms with Crippen molar-refractivity contribution in [3.05, 3.63) is 58.9 Å². The summed E-state index contributed by atoms with van der Waals surface area (Å²) in [6.45, 7) is 7.81. The Hall–Kier alpha value is -2.67. The first-order valence-corrected chi connectivity index (χ1v) is 9.85. The van der Waals surface area contributed by atoms with Gasteiger partial charge >= 0.3 is 0 Å². The first kappa shape index (κ1) is 20.1. The Bertz CT molecular complexity index is 1010. The molecule has 1 amide bonds. The molecule has 146 valence electrons. The van der Waals surface area contributed by atoms with Gasteiger partial charge in [-0.2, -0.15) is 0 Å². The van der Waals surface area contributed by atoms with E-state index in [-0.39, 0.29) is 11.7 Å². The Labute approximate surface area is 168 Å². The van der Waals surface area contributed by atoms with E-state index in [1.165, 1.54) is 17.8 Å². The van der Waals surface area contributed by atoms with Crippen molar-refractivity contribution in [1.29, 1.82) is 0 Å². The van der Waals surface area contributed by atoms with E-state index in [0.29, 0.717) is 16.5 Å². The number of carbonyl (C=O) groups is 1. The van der Waals surface area contributed by atoms with Crippen molar-refractivity contribution in [1.82, 2.24) is 14.8 Å². The molecule has 0 unspecified atom stereocenters. The number of anilines is 1. The fourth-order valence-corrected chi connectivity index (χ4v) is 3.92. The molecule has 3 rings (SSSR count). The van der Waals surface area contributed by atoms with Crippen LogP contribution in [0.25, 0.3) is 11.4 Å². The van der Waals surface area contributed by atoms with Crippen molar-refractivity contribution in [3.8, 4) is 11.4 Å². The smallest absolute Gasteiger partial charge is 0.237 e. The molecule has 3 aromatic rings. The highest BCUT2D eigenvalue weighted by molar-refractivity contribution is 8.00. The quantitative estimate of drug-likeness (QED) is 0.635. The van der Waals surface area contributed by atoms with Crippen molar-refractivity contribution in [2.45, 2.75) is 38.1 Å². The zero-order valence-corrected chi connectivity index (χ0v) is 17.4. The van der Waals surface area contributed by atoms with E-state index in [1.54, 1.807) is 29.8 Å². The summed E-state index contributed by atoms with van der Waals surface area (Å²) < 4.78 is 15.8. The molecule has 7 heteroatoms. The number of nitrogens with one attached hydrogen (secondary N) is 1. The molecule has 1 atom stereocenters. The third-order valence-corrected chi connectivity index (χ3v) is 5.66. The van der Waals surface area contributed by atoms with Gasteiger partial charge < -0.3 is 9.88 Å². The van der Waals surface area contributed by atoms with Gasteiger partial charge in [0.15, 0.2) is 11.0 Å². The molecule has 0 saturated carbocycles. The Morgan fingerprint density at radius 3 is 2.43 bits per heavy atom. The SMILES string of the molecule is Cc1cc(C)c(NC(=O)[C@@H](C)Sc2nnc(-c3ccccc3F)n2C)c(C)c1. The lowest BCUT2D eigenvalue weighted by atomic mass is 10.1. The first-order valence-electron chi connectivity index (χ1n) is 8.97. The van der Waals surface area contributed by atoms with E-state index in [4.69, 9.17) is 0 Å². The average Bonchev–Trinajstić information content (AvgIpc) is 2.98. The number of nitrogens with zero attached hydrogens (tertiary/aromatic N) is 3. The number of hydrogen-bond donors (Lipinski definition) is 1. The minimum Gasteiger partial charge on any atom is -0.325 e. The van der Waals surface area contributed by atoms with Gasteiger partial charge in [0.2, 0.25) is 5.91 Å². The largest absolute Gasteiger partial charge is 0.325 e. The van der Waals surface area contributed by atoms with Crippen molar-refractivity contribution in [2.24, 2.45) is 7.05 Å². The average molecular weight is 399 g/mol. The molecular formula is C21H23FN4OS. The van der Waals surface area contributed by atoms with E-state index >= 15 is 0 Å². The Balaban J connectivity index is 1.76. The van der Waals surface area contributed by atoms with E-state index in [2.05, 4.69) is 15.5 Å². The number of hydrogen-bond acceptors (Lipinski definition) is 4. The fourth-order valence-electron chi connectivity index (χ4n) is 3.11. The highest BCUT2D eigenvalue weighted by atomic mass is 32.2. The normalized spacial score (nSPS) is 12.1. The molecule has 1 aromatic heterocycles. The van der Waals surface area contributed by atoms with Crippen LogP contribution in [0.3, 0.4) is 0 Å². The maximum absolute atomic E-state index is 14.0. The van der Waals surface area contributed by atoms with Crippen LogP contribution in [0.2, 0.25) is 0 Å². The van der Waals surface area contributed by atoms with Gasteiger partial charge in [-0.1, -0.05) is 41.6 Å². The molecule has 5 nitrogen and oxygen atoms in total. The lowest BCUT2D eigenvalue weighted by Crippen LogP contribution is -2.23. The second-order valence-corrected chi connectivity index (χ2v) is 8.18. The van der Waals surface area contributed by atoms with E-state index in [0.717, 1.165) is 22.4 Å². The molecule has 0 spiro atoms. The molecule has 1 heterocycles. The van der Waals surface area contributed by atoms with Crippen molar-refractivity contribution < 1.29 is 9.18 Å². The number of aromatic nitrogens is 3. The number of amides is 1. The number of carbonyl (C=O) groups excluding carboxylic acids is 1. The van der Waals surface area contributed by atoms with Crippen LogP contribution in [0.15, 0.2) is 41.6 Å². The lowest BCUT2D eigenvalue weighted by molar-refractivity contribution is -0.115. The third-order valence-electron chi connectivity index (χ3n) is 4.53. The highest BCUT2D eigenvalue weighted by Crippen LogP contribution is 2.28. The number of rotatable bonds is 5. The molecule has 1 N–H and O–H groups in total. The van der Waals surface area contributed by atoms with Crippen molar-refractivity contribution in [3.63, 3.8) is 0 Å². The molecule has 0 aliphatic heterocycles. The van der Waals surface area contributed by atoms with Crippen LogP contribution >= 0.6 is 11.8 Å². The molecule has 0 bridgehead atoms. The zero-order chi connectivity index (χ0) is 20.4. The lowest BCUT2D eigenvalue weighted by Gasteiger charge is -2.16. The maximum atomic E-state index is 14.0. The van der Waals surface area contributed by atoms with Gasteiger partial charge in [0.1, 0.15) is 5.82 Å². The van der Waals surface area contributed by atoms with Gasteiger partial charge in [-0.3, -0.25) is 4.79 Å². The minimum absolute atomic E-state index is 0.115. The predicted octanol–water partition coefficient (Wildman–Crippen LogP) is 4.67. The summed E-state index contributed by atoms with van der Waals surface area (Å²) in [5.74, 6) is -0.0420. The van der Waals surface area contributed by atoms with Gasteiger partial charge in [0.05, 0.1) is 10.8 Å². The second-order valence-electron chi connectivity index (χ2n) is 6.87. The summed E-state index contributed by atoms with van der Waals surface area (Å²) in [5.41, 5.74) is 4.45. The molecule has 0 fully saturated rings. The summed E-state index contributed by atoms with van der Waals surface area (Å²) in [6.07, 6.45) is 0. The van der Waals surface area contributed by atoms with Crippen molar-refractivity contribution >= 4 is 23.4 Å². The second kappa shape index (κ2) is 8.14. The molecule has 0 aliphatic carbocycles. The predicted molar refractivity (Wildman–Crippen MR) is 111 cm³/mol. The molecule has 2 aromatic carbocycles. The van der Waals surface area contributed by atoms with Crippen LogP contribution in [-0.2, 0) is 11.8 Å².